The van der Waals surface area contributed by atoms with E-state index in [1.807, 2.05) is 12.4 Å². The fourth-order valence-corrected chi connectivity index (χ4v) is 2.06. The van der Waals surface area contributed by atoms with Crippen LogP contribution in [-0.2, 0) is 6.54 Å². The molecule has 0 bridgehead atoms. The van der Waals surface area contributed by atoms with Crippen LogP contribution in [0.3, 0.4) is 0 Å². The van der Waals surface area contributed by atoms with Crippen molar-refractivity contribution in [3.05, 3.63) is 34.7 Å². The van der Waals surface area contributed by atoms with Gasteiger partial charge in [-0.2, -0.15) is 0 Å². The summed E-state index contributed by atoms with van der Waals surface area (Å²) < 4.78 is 2.12. The molecule has 1 aliphatic carbocycles. The summed E-state index contributed by atoms with van der Waals surface area (Å²) >= 11 is 0. The minimum Gasteiger partial charge on any atom is -0.354 e. The van der Waals surface area contributed by atoms with Crippen LogP contribution in [0.1, 0.15) is 25.7 Å². The molecule has 0 unspecified atom stereocenters. The highest BCUT2D eigenvalue weighted by molar-refractivity contribution is 4.93. The molecule has 2 heteroatoms. The van der Waals surface area contributed by atoms with Crippen LogP contribution in [0.25, 0.3) is 0 Å². The van der Waals surface area contributed by atoms with Crippen molar-refractivity contribution in [3.63, 3.8) is 0 Å². The maximum Gasteiger partial charge on any atom is 0.181 e. The Morgan fingerprint density at radius 2 is 1.85 bits per heavy atom. The van der Waals surface area contributed by atoms with E-state index in [9.17, 15) is 4.79 Å². The first kappa shape index (κ1) is 8.54. The van der Waals surface area contributed by atoms with E-state index >= 15 is 0 Å². The van der Waals surface area contributed by atoms with Crippen LogP contribution >= 0.6 is 0 Å². The van der Waals surface area contributed by atoms with Crippen LogP contribution in [0.2, 0.25) is 0 Å². The van der Waals surface area contributed by atoms with Gasteiger partial charge in [-0.1, -0.05) is 12.8 Å². The predicted molar refractivity (Wildman–Crippen MR) is 52.7 cm³/mol. The standard InChI is InChI=1S/C11H15NO/c13-11-5-7-12(8-6-11)9-10-3-1-2-4-10/h5-8,10H,1-4,9H2. The molecule has 1 aromatic heterocycles. The van der Waals surface area contributed by atoms with Crippen LogP contribution < -0.4 is 5.43 Å². The van der Waals surface area contributed by atoms with Crippen molar-refractivity contribution in [2.75, 3.05) is 0 Å². The SMILES string of the molecule is O=c1ccn(CC2CCCC2)cc1. The first-order valence-electron chi connectivity index (χ1n) is 5.01. The Balaban J connectivity index is 2.00. The summed E-state index contributed by atoms with van der Waals surface area (Å²) in [5, 5.41) is 0. The maximum absolute atomic E-state index is 10.8. The fourth-order valence-electron chi connectivity index (χ4n) is 2.06. The zero-order valence-corrected chi connectivity index (χ0v) is 7.78. The Kier molecular flexibility index (Phi) is 2.48. The van der Waals surface area contributed by atoms with E-state index in [2.05, 4.69) is 4.57 Å². The van der Waals surface area contributed by atoms with Gasteiger partial charge in [0.05, 0.1) is 0 Å². The van der Waals surface area contributed by atoms with Gasteiger partial charge in [-0.15, -0.1) is 0 Å². The monoisotopic (exact) mass is 177 g/mol. The predicted octanol–water partition coefficient (Wildman–Crippen LogP) is 2.04. The van der Waals surface area contributed by atoms with Gasteiger partial charge >= 0.3 is 0 Å². The summed E-state index contributed by atoms with van der Waals surface area (Å²) in [6.07, 6.45) is 9.25. The molecule has 0 aliphatic heterocycles. The van der Waals surface area contributed by atoms with Gasteiger partial charge in [0, 0.05) is 31.1 Å². The topological polar surface area (TPSA) is 22.0 Å². The molecule has 0 amide bonds. The van der Waals surface area contributed by atoms with E-state index in [1.165, 1.54) is 25.7 Å². The molecule has 13 heavy (non-hydrogen) atoms. The van der Waals surface area contributed by atoms with Gasteiger partial charge in [0.25, 0.3) is 0 Å². The molecule has 2 rings (SSSR count). The molecule has 1 aromatic rings. The maximum atomic E-state index is 10.8. The second-order valence-electron chi connectivity index (χ2n) is 3.88. The number of aromatic nitrogens is 1. The minimum absolute atomic E-state index is 0.0997. The third kappa shape index (κ3) is 2.20. The highest BCUT2D eigenvalue weighted by Crippen LogP contribution is 2.25. The second-order valence-corrected chi connectivity index (χ2v) is 3.88. The molecule has 1 saturated carbocycles. The lowest BCUT2D eigenvalue weighted by Crippen LogP contribution is -2.09. The Morgan fingerprint density at radius 3 is 2.46 bits per heavy atom. The molecule has 0 saturated heterocycles. The van der Waals surface area contributed by atoms with E-state index < -0.39 is 0 Å². The van der Waals surface area contributed by atoms with Crippen molar-refractivity contribution in [2.45, 2.75) is 32.2 Å². The van der Waals surface area contributed by atoms with E-state index in [0.29, 0.717) is 0 Å². The van der Waals surface area contributed by atoms with Crippen molar-refractivity contribution >= 4 is 0 Å². The molecular weight excluding hydrogens is 162 g/mol. The first-order valence-corrected chi connectivity index (χ1v) is 5.01. The normalized spacial score (nSPS) is 17.8. The minimum atomic E-state index is 0.0997. The molecule has 0 N–H and O–H groups in total. The first-order chi connectivity index (χ1) is 6.34. The molecule has 0 spiro atoms. The average Bonchev–Trinajstić information content (AvgIpc) is 2.62. The zero-order valence-electron chi connectivity index (χ0n) is 7.78. The van der Waals surface area contributed by atoms with Crippen molar-refractivity contribution < 1.29 is 0 Å². The lowest BCUT2D eigenvalue weighted by Gasteiger charge is -2.11. The number of rotatable bonds is 2. The van der Waals surface area contributed by atoms with Crippen molar-refractivity contribution in [1.82, 2.24) is 4.57 Å². The van der Waals surface area contributed by atoms with E-state index in [-0.39, 0.29) is 5.43 Å². The van der Waals surface area contributed by atoms with Crippen LogP contribution in [0.15, 0.2) is 29.3 Å². The van der Waals surface area contributed by atoms with Crippen molar-refractivity contribution in [2.24, 2.45) is 5.92 Å². The molecule has 70 valence electrons. The molecule has 0 radical (unpaired) electrons. The summed E-state index contributed by atoms with van der Waals surface area (Å²) in [4.78, 5) is 10.8. The van der Waals surface area contributed by atoms with E-state index in [4.69, 9.17) is 0 Å². The lowest BCUT2D eigenvalue weighted by atomic mass is 10.1. The van der Waals surface area contributed by atoms with Gasteiger partial charge in [0.2, 0.25) is 0 Å². The number of hydrogen-bond acceptors (Lipinski definition) is 1. The van der Waals surface area contributed by atoms with Crippen molar-refractivity contribution in [1.29, 1.82) is 0 Å². The van der Waals surface area contributed by atoms with E-state index in [1.54, 1.807) is 12.1 Å². The number of nitrogens with zero attached hydrogens (tertiary/aromatic N) is 1. The van der Waals surface area contributed by atoms with Gasteiger partial charge in [0.1, 0.15) is 0 Å². The van der Waals surface area contributed by atoms with Gasteiger partial charge < -0.3 is 4.57 Å². The summed E-state index contributed by atoms with van der Waals surface area (Å²) in [7, 11) is 0. The molecule has 1 fully saturated rings. The van der Waals surface area contributed by atoms with Gasteiger partial charge in [0.15, 0.2) is 5.43 Å². The summed E-state index contributed by atoms with van der Waals surface area (Å²) in [6.45, 7) is 1.08. The van der Waals surface area contributed by atoms with Gasteiger partial charge in [-0.25, -0.2) is 0 Å². The lowest BCUT2D eigenvalue weighted by molar-refractivity contribution is 0.456. The smallest absolute Gasteiger partial charge is 0.181 e. The quantitative estimate of drug-likeness (QED) is 0.677. The second kappa shape index (κ2) is 3.77. The Bertz CT molecular complexity index is 303. The Labute approximate surface area is 78.2 Å². The van der Waals surface area contributed by atoms with Crippen LogP contribution in [0, 0.1) is 5.92 Å². The Morgan fingerprint density at radius 1 is 1.23 bits per heavy atom. The van der Waals surface area contributed by atoms with Crippen LogP contribution in [-0.4, -0.2) is 4.57 Å². The molecule has 2 nitrogen and oxygen atoms in total. The van der Waals surface area contributed by atoms with Gasteiger partial charge in [-0.3, -0.25) is 4.79 Å². The molecule has 0 atom stereocenters. The summed E-state index contributed by atoms with van der Waals surface area (Å²) in [5.41, 5.74) is 0.0997. The third-order valence-electron chi connectivity index (χ3n) is 2.80. The van der Waals surface area contributed by atoms with Crippen LogP contribution in [0.5, 0.6) is 0 Å². The van der Waals surface area contributed by atoms with Gasteiger partial charge in [-0.05, 0) is 18.8 Å². The number of pyridine rings is 1. The Hall–Kier alpha value is -1.05. The summed E-state index contributed by atoms with van der Waals surface area (Å²) in [6, 6.07) is 3.27. The van der Waals surface area contributed by atoms with E-state index in [0.717, 1.165) is 12.5 Å². The molecular formula is C11H15NO. The molecule has 0 aromatic carbocycles. The fraction of sp³-hybridized carbons (Fsp3) is 0.545. The highest BCUT2D eigenvalue weighted by atomic mass is 16.1. The molecule has 1 heterocycles. The van der Waals surface area contributed by atoms with Crippen LogP contribution in [0.4, 0.5) is 0 Å². The average molecular weight is 177 g/mol. The molecule has 1 aliphatic rings. The zero-order chi connectivity index (χ0) is 9.10. The summed E-state index contributed by atoms with van der Waals surface area (Å²) in [5.74, 6) is 0.836. The third-order valence-corrected chi connectivity index (χ3v) is 2.80. The van der Waals surface area contributed by atoms with Crippen molar-refractivity contribution in [3.8, 4) is 0 Å². The largest absolute Gasteiger partial charge is 0.354 e. The highest BCUT2D eigenvalue weighted by Gasteiger charge is 2.14. The number of hydrogen-bond donors (Lipinski definition) is 0.